The molecule has 0 amide bonds. The van der Waals surface area contributed by atoms with Crippen LogP contribution in [0.5, 0.6) is 0 Å². The van der Waals surface area contributed by atoms with Crippen molar-refractivity contribution < 1.29 is 5.11 Å². The number of aliphatic hydroxyl groups is 1. The van der Waals surface area contributed by atoms with Crippen molar-refractivity contribution in [2.75, 3.05) is 20.1 Å². The quantitative estimate of drug-likeness (QED) is 0.834. The molecule has 1 aromatic carbocycles. The zero-order chi connectivity index (χ0) is 13.0. The van der Waals surface area contributed by atoms with Crippen LogP contribution >= 0.6 is 0 Å². The Kier molecular flexibility index (Phi) is 4.79. The number of hydrogen-bond donors (Lipinski definition) is 1. The molecule has 1 N–H and O–H groups in total. The molecule has 0 bridgehead atoms. The molecule has 0 heterocycles. The molecule has 2 heteroatoms. The van der Waals surface area contributed by atoms with E-state index in [4.69, 9.17) is 0 Å². The molecule has 1 atom stereocenters. The lowest BCUT2D eigenvalue weighted by Crippen LogP contribution is -2.30. The Morgan fingerprint density at radius 3 is 2.50 bits per heavy atom. The molecule has 2 nitrogen and oxygen atoms in total. The van der Waals surface area contributed by atoms with Gasteiger partial charge in [0.15, 0.2) is 0 Å². The van der Waals surface area contributed by atoms with Crippen LogP contribution in [0.15, 0.2) is 24.3 Å². The lowest BCUT2D eigenvalue weighted by atomic mass is 9.85. The second kappa shape index (κ2) is 6.35. The minimum absolute atomic E-state index is 0.325. The summed E-state index contributed by atoms with van der Waals surface area (Å²) in [5.74, 6) is 0.909. The summed E-state index contributed by atoms with van der Waals surface area (Å²) in [6.45, 7) is 4.24. The molecule has 100 valence electrons. The van der Waals surface area contributed by atoms with Crippen molar-refractivity contribution in [3.05, 3.63) is 35.4 Å². The van der Waals surface area contributed by atoms with Crippen LogP contribution in [0.1, 0.15) is 42.9 Å². The van der Waals surface area contributed by atoms with Gasteiger partial charge in [-0.15, -0.1) is 0 Å². The molecule has 1 aromatic rings. The van der Waals surface area contributed by atoms with E-state index in [-0.39, 0.29) is 6.10 Å². The summed E-state index contributed by atoms with van der Waals surface area (Å²) in [6, 6.07) is 8.20. The fraction of sp³-hybridized carbons (Fsp3) is 0.625. The Balaban J connectivity index is 1.73. The maximum absolute atomic E-state index is 10.1. The van der Waals surface area contributed by atoms with Crippen molar-refractivity contribution in [2.45, 2.75) is 38.7 Å². The highest BCUT2D eigenvalue weighted by Crippen LogP contribution is 2.27. The van der Waals surface area contributed by atoms with Gasteiger partial charge in [0, 0.05) is 13.1 Å². The normalized spacial score (nSPS) is 17.8. The summed E-state index contributed by atoms with van der Waals surface area (Å²) < 4.78 is 0. The van der Waals surface area contributed by atoms with E-state index in [1.165, 1.54) is 31.4 Å². The van der Waals surface area contributed by atoms with E-state index >= 15 is 0 Å². The molecule has 1 fully saturated rings. The fourth-order valence-corrected chi connectivity index (χ4v) is 2.51. The van der Waals surface area contributed by atoms with Crippen LogP contribution in [0, 0.1) is 12.8 Å². The Bertz CT molecular complexity index is 356. The molecule has 1 aliphatic rings. The molecular weight excluding hydrogens is 222 g/mol. The topological polar surface area (TPSA) is 23.5 Å². The average Bonchev–Trinajstić information content (AvgIpc) is 2.32. The Labute approximate surface area is 111 Å². The number of hydrogen-bond acceptors (Lipinski definition) is 2. The zero-order valence-corrected chi connectivity index (χ0v) is 11.6. The number of nitrogens with zero attached hydrogens (tertiary/aromatic N) is 1. The van der Waals surface area contributed by atoms with E-state index in [2.05, 4.69) is 31.0 Å². The second-order valence-corrected chi connectivity index (χ2v) is 5.77. The summed E-state index contributed by atoms with van der Waals surface area (Å²) in [6.07, 6.45) is 4.70. The van der Waals surface area contributed by atoms with Gasteiger partial charge in [0.2, 0.25) is 0 Å². The first kappa shape index (κ1) is 13.6. The molecular formula is C16H25NO. The van der Waals surface area contributed by atoms with E-state index in [9.17, 15) is 5.11 Å². The second-order valence-electron chi connectivity index (χ2n) is 5.77. The minimum atomic E-state index is -0.325. The van der Waals surface area contributed by atoms with Gasteiger partial charge in [-0.05, 0) is 44.7 Å². The summed E-state index contributed by atoms with van der Waals surface area (Å²) in [5.41, 5.74) is 2.28. The highest BCUT2D eigenvalue weighted by Gasteiger charge is 2.19. The Morgan fingerprint density at radius 2 is 1.94 bits per heavy atom. The van der Waals surface area contributed by atoms with Crippen LogP contribution in [0.4, 0.5) is 0 Å². The van der Waals surface area contributed by atoms with Gasteiger partial charge in [-0.2, -0.15) is 0 Å². The molecule has 0 spiro atoms. The van der Waals surface area contributed by atoms with Gasteiger partial charge in [-0.1, -0.05) is 36.2 Å². The van der Waals surface area contributed by atoms with Crippen molar-refractivity contribution in [3.8, 4) is 0 Å². The summed E-state index contributed by atoms with van der Waals surface area (Å²) in [7, 11) is 2.17. The summed E-state index contributed by atoms with van der Waals surface area (Å²) >= 11 is 0. The number of aryl methyl sites for hydroxylation is 1. The summed E-state index contributed by atoms with van der Waals surface area (Å²) in [4.78, 5) is 2.36. The van der Waals surface area contributed by atoms with Crippen LogP contribution in [-0.2, 0) is 0 Å². The maximum atomic E-state index is 10.1. The average molecular weight is 247 g/mol. The number of benzene rings is 1. The smallest absolute Gasteiger partial charge is 0.0802 e. The van der Waals surface area contributed by atoms with Gasteiger partial charge in [0.1, 0.15) is 0 Å². The first-order valence-corrected chi connectivity index (χ1v) is 7.08. The third-order valence-electron chi connectivity index (χ3n) is 4.04. The molecule has 0 aliphatic heterocycles. The van der Waals surface area contributed by atoms with E-state index in [1.54, 1.807) is 0 Å². The monoisotopic (exact) mass is 247 g/mol. The molecule has 0 aromatic heterocycles. The lowest BCUT2D eigenvalue weighted by molar-refractivity contribution is 0.135. The van der Waals surface area contributed by atoms with Gasteiger partial charge in [0.05, 0.1) is 6.10 Å². The predicted octanol–water partition coefficient (Wildman–Crippen LogP) is 3.15. The van der Waals surface area contributed by atoms with E-state index < -0.39 is 0 Å². The van der Waals surface area contributed by atoms with E-state index in [0.717, 1.165) is 24.4 Å². The largest absolute Gasteiger partial charge is 0.388 e. The summed E-state index contributed by atoms with van der Waals surface area (Å²) in [5, 5.41) is 10.1. The van der Waals surface area contributed by atoms with Crippen molar-refractivity contribution in [2.24, 2.45) is 5.92 Å². The minimum Gasteiger partial charge on any atom is -0.388 e. The predicted molar refractivity (Wildman–Crippen MR) is 75.6 cm³/mol. The molecule has 1 unspecified atom stereocenters. The van der Waals surface area contributed by atoms with Crippen LogP contribution < -0.4 is 0 Å². The zero-order valence-electron chi connectivity index (χ0n) is 11.6. The molecule has 1 aliphatic carbocycles. The van der Waals surface area contributed by atoms with Crippen LogP contribution in [0.25, 0.3) is 0 Å². The van der Waals surface area contributed by atoms with Crippen LogP contribution in [-0.4, -0.2) is 30.1 Å². The molecule has 1 saturated carbocycles. The van der Waals surface area contributed by atoms with Crippen LogP contribution in [0.2, 0.25) is 0 Å². The third-order valence-corrected chi connectivity index (χ3v) is 4.04. The first-order valence-electron chi connectivity index (χ1n) is 7.08. The van der Waals surface area contributed by atoms with Crippen molar-refractivity contribution in [1.29, 1.82) is 0 Å². The van der Waals surface area contributed by atoms with Gasteiger partial charge in [-0.3, -0.25) is 0 Å². The first-order chi connectivity index (χ1) is 8.65. The van der Waals surface area contributed by atoms with Gasteiger partial charge in [0.25, 0.3) is 0 Å². The Morgan fingerprint density at radius 1 is 1.28 bits per heavy atom. The fourth-order valence-electron chi connectivity index (χ4n) is 2.51. The SMILES string of the molecule is Cc1ccc(C(O)CCN(C)CC2CCC2)cc1. The van der Waals surface area contributed by atoms with Gasteiger partial charge >= 0.3 is 0 Å². The lowest BCUT2D eigenvalue weighted by Gasteiger charge is -2.30. The molecule has 18 heavy (non-hydrogen) atoms. The Hall–Kier alpha value is -0.860. The third kappa shape index (κ3) is 3.82. The van der Waals surface area contributed by atoms with E-state index in [0.29, 0.717) is 0 Å². The highest BCUT2D eigenvalue weighted by atomic mass is 16.3. The van der Waals surface area contributed by atoms with Crippen LogP contribution in [0.3, 0.4) is 0 Å². The standard InChI is InChI=1S/C16H25NO/c1-13-6-8-15(9-7-13)16(18)10-11-17(2)12-14-4-3-5-14/h6-9,14,16,18H,3-5,10-12H2,1-2H3. The molecule has 2 rings (SSSR count). The molecule has 0 radical (unpaired) electrons. The highest BCUT2D eigenvalue weighted by molar-refractivity contribution is 5.22. The maximum Gasteiger partial charge on any atom is 0.0802 e. The van der Waals surface area contributed by atoms with Crippen molar-refractivity contribution in [3.63, 3.8) is 0 Å². The van der Waals surface area contributed by atoms with Gasteiger partial charge < -0.3 is 10.0 Å². The van der Waals surface area contributed by atoms with Crippen molar-refractivity contribution >= 4 is 0 Å². The van der Waals surface area contributed by atoms with E-state index in [1.807, 2.05) is 12.1 Å². The van der Waals surface area contributed by atoms with Crippen molar-refractivity contribution in [1.82, 2.24) is 4.90 Å². The molecule has 0 saturated heterocycles. The number of aliphatic hydroxyl groups excluding tert-OH is 1. The van der Waals surface area contributed by atoms with Gasteiger partial charge in [-0.25, -0.2) is 0 Å². The number of rotatable bonds is 6.